The topological polar surface area (TPSA) is 76.8 Å². The van der Waals surface area contributed by atoms with Crippen LogP contribution < -0.4 is 14.8 Å². The van der Waals surface area contributed by atoms with Crippen molar-refractivity contribution in [3.8, 4) is 11.5 Å². The van der Waals surface area contributed by atoms with E-state index in [1.165, 1.54) is 0 Å². The van der Waals surface area contributed by atoms with Crippen molar-refractivity contribution in [3.63, 3.8) is 0 Å². The maximum absolute atomic E-state index is 5.46. The van der Waals surface area contributed by atoms with E-state index in [0.717, 1.165) is 54.9 Å². The molecule has 27 heavy (non-hydrogen) atoms. The first-order valence-corrected chi connectivity index (χ1v) is 8.96. The number of rotatable bonds is 7. The number of aryl methyl sites for hydroxylation is 1. The SMILES string of the molecule is CCNC(=NCCn1cnnc1CC)N(C)Cc1ccc2c(c1)OCO2.I. The van der Waals surface area contributed by atoms with Gasteiger partial charge >= 0.3 is 0 Å². The van der Waals surface area contributed by atoms with Gasteiger partial charge in [0, 0.05) is 33.1 Å². The Morgan fingerprint density at radius 1 is 1.30 bits per heavy atom. The number of aromatic nitrogens is 3. The Morgan fingerprint density at radius 2 is 2.11 bits per heavy atom. The molecule has 0 saturated carbocycles. The van der Waals surface area contributed by atoms with Crippen LogP contribution in [0.4, 0.5) is 0 Å². The Balaban J connectivity index is 0.00000261. The monoisotopic (exact) mass is 486 g/mol. The zero-order chi connectivity index (χ0) is 18.4. The minimum atomic E-state index is 0. The van der Waals surface area contributed by atoms with Crippen LogP contribution in [0.1, 0.15) is 25.2 Å². The molecular weight excluding hydrogens is 459 g/mol. The second-order valence-electron chi connectivity index (χ2n) is 6.07. The molecule has 0 bridgehead atoms. The molecule has 1 aromatic heterocycles. The summed E-state index contributed by atoms with van der Waals surface area (Å²) in [6.45, 7) is 7.42. The van der Waals surface area contributed by atoms with Crippen molar-refractivity contribution in [1.82, 2.24) is 25.0 Å². The van der Waals surface area contributed by atoms with Gasteiger partial charge in [0.25, 0.3) is 0 Å². The lowest BCUT2D eigenvalue weighted by molar-refractivity contribution is 0.174. The molecule has 9 heteroatoms. The average molecular weight is 486 g/mol. The number of ether oxygens (including phenoxy) is 2. The van der Waals surface area contributed by atoms with Gasteiger partial charge < -0.3 is 24.3 Å². The molecule has 2 aromatic rings. The summed E-state index contributed by atoms with van der Waals surface area (Å²) in [6, 6.07) is 6.03. The quantitative estimate of drug-likeness (QED) is 0.368. The largest absolute Gasteiger partial charge is 0.454 e. The molecule has 1 aliphatic rings. The Labute approximate surface area is 177 Å². The van der Waals surface area contributed by atoms with Crippen molar-refractivity contribution in [2.75, 3.05) is 26.9 Å². The van der Waals surface area contributed by atoms with Crippen LogP contribution in [0.2, 0.25) is 0 Å². The molecule has 0 spiro atoms. The molecule has 1 aromatic carbocycles. The smallest absolute Gasteiger partial charge is 0.231 e. The summed E-state index contributed by atoms with van der Waals surface area (Å²) in [5, 5.41) is 11.4. The molecule has 148 valence electrons. The van der Waals surface area contributed by atoms with Gasteiger partial charge in [0.15, 0.2) is 17.5 Å². The first-order valence-electron chi connectivity index (χ1n) is 8.96. The van der Waals surface area contributed by atoms with E-state index in [1.807, 2.05) is 23.7 Å². The fourth-order valence-corrected chi connectivity index (χ4v) is 2.86. The van der Waals surface area contributed by atoms with E-state index in [-0.39, 0.29) is 24.0 Å². The standard InChI is InChI=1S/C18H26N6O2.HI/c1-4-17-22-21-12-24(17)9-8-20-18(19-5-2)23(3)11-14-6-7-15-16(10-14)26-13-25-15;/h6-7,10,12H,4-5,8-9,11,13H2,1-3H3,(H,19,20);1H. The highest BCUT2D eigenvalue weighted by Gasteiger charge is 2.14. The minimum absolute atomic E-state index is 0. The fourth-order valence-electron chi connectivity index (χ4n) is 2.86. The molecule has 8 nitrogen and oxygen atoms in total. The first kappa shape index (κ1) is 21.3. The Morgan fingerprint density at radius 3 is 2.89 bits per heavy atom. The van der Waals surface area contributed by atoms with E-state index >= 15 is 0 Å². The maximum atomic E-state index is 5.46. The Bertz CT molecular complexity index is 764. The summed E-state index contributed by atoms with van der Waals surface area (Å²) in [5.41, 5.74) is 1.15. The van der Waals surface area contributed by atoms with Gasteiger partial charge in [0.2, 0.25) is 6.79 Å². The van der Waals surface area contributed by atoms with Crippen molar-refractivity contribution in [2.24, 2.45) is 4.99 Å². The minimum Gasteiger partial charge on any atom is -0.454 e. The van der Waals surface area contributed by atoms with E-state index in [2.05, 4.69) is 40.3 Å². The van der Waals surface area contributed by atoms with Gasteiger partial charge in [-0.05, 0) is 24.6 Å². The third-order valence-electron chi connectivity index (χ3n) is 4.17. The van der Waals surface area contributed by atoms with Gasteiger partial charge in [-0.1, -0.05) is 13.0 Å². The summed E-state index contributed by atoms with van der Waals surface area (Å²) >= 11 is 0. The number of guanidine groups is 1. The van der Waals surface area contributed by atoms with Crippen LogP contribution >= 0.6 is 24.0 Å². The Kier molecular flexibility index (Phi) is 8.14. The zero-order valence-corrected chi connectivity index (χ0v) is 18.3. The zero-order valence-electron chi connectivity index (χ0n) is 16.0. The van der Waals surface area contributed by atoms with Crippen LogP contribution in [0.15, 0.2) is 29.5 Å². The molecule has 3 rings (SSSR count). The highest BCUT2D eigenvalue weighted by atomic mass is 127. The number of fused-ring (bicyclic) bond motifs is 1. The van der Waals surface area contributed by atoms with Crippen molar-refractivity contribution < 1.29 is 9.47 Å². The first-order chi connectivity index (χ1) is 12.7. The summed E-state index contributed by atoms with van der Waals surface area (Å²) in [6.07, 6.45) is 2.63. The van der Waals surface area contributed by atoms with Gasteiger partial charge in [0.05, 0.1) is 6.54 Å². The highest BCUT2D eigenvalue weighted by molar-refractivity contribution is 14.0. The normalized spacial score (nSPS) is 12.6. The molecule has 0 saturated heterocycles. The van der Waals surface area contributed by atoms with Crippen molar-refractivity contribution in [1.29, 1.82) is 0 Å². The number of hydrogen-bond acceptors (Lipinski definition) is 5. The molecule has 0 fully saturated rings. The van der Waals surface area contributed by atoms with Crippen LogP contribution in [-0.4, -0.2) is 52.6 Å². The highest BCUT2D eigenvalue weighted by Crippen LogP contribution is 2.32. The van der Waals surface area contributed by atoms with Crippen LogP contribution in [0.25, 0.3) is 0 Å². The van der Waals surface area contributed by atoms with Crippen molar-refractivity contribution in [2.45, 2.75) is 33.4 Å². The van der Waals surface area contributed by atoms with Crippen molar-refractivity contribution in [3.05, 3.63) is 35.9 Å². The van der Waals surface area contributed by atoms with Crippen LogP contribution in [0.3, 0.4) is 0 Å². The lowest BCUT2D eigenvalue weighted by Gasteiger charge is -2.22. The molecule has 0 amide bonds. The summed E-state index contributed by atoms with van der Waals surface area (Å²) in [4.78, 5) is 6.84. The number of hydrogen-bond donors (Lipinski definition) is 1. The molecular formula is C18H27IN6O2. The van der Waals surface area contributed by atoms with Crippen LogP contribution in [0.5, 0.6) is 11.5 Å². The second-order valence-corrected chi connectivity index (χ2v) is 6.07. The van der Waals surface area contributed by atoms with Crippen molar-refractivity contribution >= 4 is 29.9 Å². The third kappa shape index (κ3) is 5.47. The summed E-state index contributed by atoms with van der Waals surface area (Å²) < 4.78 is 12.9. The lowest BCUT2D eigenvalue weighted by atomic mass is 10.2. The predicted molar refractivity (Wildman–Crippen MR) is 115 cm³/mol. The molecule has 1 N–H and O–H groups in total. The molecule has 1 aliphatic heterocycles. The maximum Gasteiger partial charge on any atom is 0.231 e. The van der Waals surface area contributed by atoms with Gasteiger partial charge in [0.1, 0.15) is 12.2 Å². The average Bonchev–Trinajstić information content (AvgIpc) is 3.29. The van der Waals surface area contributed by atoms with E-state index in [9.17, 15) is 0 Å². The van der Waals surface area contributed by atoms with Gasteiger partial charge in [-0.3, -0.25) is 4.99 Å². The lowest BCUT2D eigenvalue weighted by Crippen LogP contribution is -2.38. The molecule has 2 heterocycles. The molecule has 0 unspecified atom stereocenters. The van der Waals surface area contributed by atoms with Crippen LogP contribution in [-0.2, 0) is 19.5 Å². The molecule has 0 radical (unpaired) electrons. The third-order valence-corrected chi connectivity index (χ3v) is 4.17. The molecule has 0 atom stereocenters. The van der Waals surface area contributed by atoms with E-state index in [1.54, 1.807) is 6.33 Å². The number of nitrogens with one attached hydrogen (secondary N) is 1. The van der Waals surface area contributed by atoms with Crippen LogP contribution in [0, 0.1) is 0 Å². The van der Waals surface area contributed by atoms with E-state index in [0.29, 0.717) is 13.3 Å². The number of halogens is 1. The van der Waals surface area contributed by atoms with Gasteiger partial charge in [-0.2, -0.15) is 0 Å². The number of nitrogens with zero attached hydrogens (tertiary/aromatic N) is 5. The number of aliphatic imine (C=N–C) groups is 1. The van der Waals surface area contributed by atoms with Gasteiger partial charge in [-0.15, -0.1) is 34.2 Å². The Hall–Kier alpha value is -2.04. The number of benzene rings is 1. The summed E-state index contributed by atoms with van der Waals surface area (Å²) in [7, 11) is 2.03. The predicted octanol–water partition coefficient (Wildman–Crippen LogP) is 2.28. The molecule has 0 aliphatic carbocycles. The van der Waals surface area contributed by atoms with E-state index < -0.39 is 0 Å². The van der Waals surface area contributed by atoms with E-state index in [4.69, 9.17) is 14.5 Å². The summed E-state index contributed by atoms with van der Waals surface area (Å²) in [5.74, 6) is 3.46. The second kappa shape index (κ2) is 10.3. The van der Waals surface area contributed by atoms with Gasteiger partial charge in [-0.25, -0.2) is 0 Å². The fraction of sp³-hybridized carbons (Fsp3) is 0.500.